The van der Waals surface area contributed by atoms with E-state index in [-0.39, 0.29) is 0 Å². The van der Waals surface area contributed by atoms with Gasteiger partial charge in [0.05, 0.1) is 11.4 Å². The van der Waals surface area contributed by atoms with Crippen LogP contribution in [0.25, 0.3) is 67.5 Å². The molecule has 0 amide bonds. The highest BCUT2D eigenvalue weighted by atomic mass is 14.8. The summed E-state index contributed by atoms with van der Waals surface area (Å²) in [5.41, 5.74) is 34.6. The molecule has 0 bridgehead atoms. The fraction of sp³-hybridized carbons (Fsp3) is 0.125. The van der Waals surface area contributed by atoms with Gasteiger partial charge in [0.1, 0.15) is 0 Å². The SMILES string of the molecule is C/C=C\CC.C=C/C(=C\C(=C)NC)c1cccc(-c2cc(N)cc(-c3cc(-c4ccccc4)cc(-c4cc(N)cc(-c5cccc(/C=C/C=C\C(N)=C/C)c5)c4)n3)c2)c1.CC. The van der Waals surface area contributed by atoms with E-state index in [2.05, 4.69) is 122 Å². The first-order valence-corrected chi connectivity index (χ1v) is 20.8. The third-order valence-electron chi connectivity index (χ3n) is 9.55. The maximum atomic E-state index is 6.61. The zero-order valence-electron chi connectivity index (χ0n) is 36.6. The number of rotatable bonds is 13. The van der Waals surface area contributed by atoms with Crippen LogP contribution in [0.1, 0.15) is 52.2 Å². The van der Waals surface area contributed by atoms with Crippen molar-refractivity contribution in [1.82, 2.24) is 10.3 Å². The summed E-state index contributed by atoms with van der Waals surface area (Å²) in [6, 6.07) is 43.5. The summed E-state index contributed by atoms with van der Waals surface area (Å²) >= 11 is 0. The van der Waals surface area contributed by atoms with E-state index in [0.717, 1.165) is 90.4 Å². The number of nitrogens with zero attached hydrogens (tertiary/aromatic N) is 1. The summed E-state index contributed by atoms with van der Waals surface area (Å²) in [5.74, 6) is 0. The van der Waals surface area contributed by atoms with Crippen LogP contribution in [0, 0.1) is 0 Å². The number of allylic oxidation sites excluding steroid dienone is 9. The van der Waals surface area contributed by atoms with Crippen LogP contribution >= 0.6 is 0 Å². The molecule has 5 heteroatoms. The maximum Gasteiger partial charge on any atom is 0.0716 e. The molecule has 0 saturated carbocycles. The van der Waals surface area contributed by atoms with E-state index in [1.165, 1.54) is 0 Å². The summed E-state index contributed by atoms with van der Waals surface area (Å²) in [6.45, 7) is 18.2. The first kappa shape index (κ1) is 46.3. The highest BCUT2D eigenvalue weighted by Crippen LogP contribution is 2.36. The highest BCUT2D eigenvalue weighted by Gasteiger charge is 2.13. The lowest BCUT2D eigenvalue weighted by molar-refractivity contribution is 1.04. The van der Waals surface area contributed by atoms with Crippen LogP contribution < -0.4 is 22.5 Å². The number of pyridine rings is 1. The Morgan fingerprint density at radius 2 is 1.21 bits per heavy atom. The quantitative estimate of drug-likeness (QED) is 0.0529. The Morgan fingerprint density at radius 3 is 1.75 bits per heavy atom. The first-order valence-electron chi connectivity index (χ1n) is 20.8. The van der Waals surface area contributed by atoms with Crippen LogP contribution in [0.2, 0.25) is 0 Å². The molecular weight excluding hydrogens is 743 g/mol. The third kappa shape index (κ3) is 13.6. The van der Waals surface area contributed by atoms with E-state index in [0.29, 0.717) is 11.4 Å². The van der Waals surface area contributed by atoms with E-state index in [4.69, 9.17) is 22.2 Å². The summed E-state index contributed by atoms with van der Waals surface area (Å²) < 4.78 is 0. The Labute approximate surface area is 364 Å². The molecule has 0 atom stereocenters. The van der Waals surface area contributed by atoms with Crippen molar-refractivity contribution in [3.63, 3.8) is 0 Å². The number of hydrogen-bond donors (Lipinski definition) is 4. The average Bonchev–Trinajstić information content (AvgIpc) is 3.30. The van der Waals surface area contributed by atoms with Gasteiger partial charge >= 0.3 is 0 Å². The summed E-state index contributed by atoms with van der Waals surface area (Å²) in [7, 11) is 1.85. The van der Waals surface area contributed by atoms with E-state index in [9.17, 15) is 0 Å². The Kier molecular flexibility index (Phi) is 18.1. The molecule has 0 saturated heterocycles. The summed E-state index contributed by atoms with van der Waals surface area (Å²) in [6.07, 6.45) is 18.9. The molecule has 1 heterocycles. The molecule has 5 nitrogen and oxygen atoms in total. The number of nitrogens with two attached hydrogens (primary N) is 3. The number of likely N-dealkylation sites (N-methyl/N-ethyl adjacent to an activating group) is 1. The Hall–Kier alpha value is -7.37. The van der Waals surface area contributed by atoms with Gasteiger partial charge in [-0.3, -0.25) is 0 Å². The van der Waals surface area contributed by atoms with Gasteiger partial charge in [0.15, 0.2) is 0 Å². The van der Waals surface area contributed by atoms with Crippen LogP contribution in [0.3, 0.4) is 0 Å². The predicted molar refractivity (Wildman–Crippen MR) is 269 cm³/mol. The van der Waals surface area contributed by atoms with Crippen molar-refractivity contribution in [3.8, 4) is 55.9 Å². The van der Waals surface area contributed by atoms with Gasteiger partial charge in [-0.05, 0) is 143 Å². The zero-order chi connectivity index (χ0) is 44.1. The summed E-state index contributed by atoms with van der Waals surface area (Å²) in [4.78, 5) is 5.26. The zero-order valence-corrected chi connectivity index (χ0v) is 36.6. The third-order valence-corrected chi connectivity index (χ3v) is 9.55. The number of benzene rings is 5. The second kappa shape index (κ2) is 23.9. The molecule has 7 N–H and O–H groups in total. The van der Waals surface area contributed by atoms with E-state index >= 15 is 0 Å². The monoisotopic (exact) mass is 803 g/mol. The van der Waals surface area contributed by atoms with Crippen molar-refractivity contribution in [2.45, 2.75) is 41.0 Å². The van der Waals surface area contributed by atoms with Crippen molar-refractivity contribution in [2.24, 2.45) is 5.73 Å². The minimum Gasteiger partial charge on any atom is -0.399 e. The van der Waals surface area contributed by atoms with Gasteiger partial charge in [-0.25, -0.2) is 4.98 Å². The van der Waals surface area contributed by atoms with Gasteiger partial charge in [-0.2, -0.15) is 0 Å². The lowest BCUT2D eigenvalue weighted by atomic mass is 9.94. The van der Waals surface area contributed by atoms with Crippen LogP contribution in [-0.4, -0.2) is 12.0 Å². The number of hydrogen-bond acceptors (Lipinski definition) is 5. The molecule has 6 rings (SSSR count). The smallest absolute Gasteiger partial charge is 0.0716 e. The molecule has 0 unspecified atom stereocenters. The Bertz CT molecular complexity index is 2550. The van der Waals surface area contributed by atoms with Crippen molar-refractivity contribution >= 4 is 23.0 Å². The molecule has 0 aliphatic heterocycles. The normalized spacial score (nSPS) is 11.5. The van der Waals surface area contributed by atoms with Crippen LogP contribution in [0.15, 0.2) is 201 Å². The van der Waals surface area contributed by atoms with Crippen molar-refractivity contribution < 1.29 is 0 Å². The van der Waals surface area contributed by atoms with Crippen molar-refractivity contribution in [3.05, 3.63) is 212 Å². The van der Waals surface area contributed by atoms with Gasteiger partial charge < -0.3 is 22.5 Å². The lowest BCUT2D eigenvalue weighted by Crippen LogP contribution is -2.01. The molecule has 61 heavy (non-hydrogen) atoms. The fourth-order valence-corrected chi connectivity index (χ4v) is 6.44. The van der Waals surface area contributed by atoms with Gasteiger partial charge in [-0.15, -0.1) is 0 Å². The number of nitrogen functional groups attached to an aromatic ring is 2. The van der Waals surface area contributed by atoms with Crippen molar-refractivity contribution in [1.29, 1.82) is 0 Å². The molecule has 5 aromatic carbocycles. The maximum absolute atomic E-state index is 6.61. The molecule has 0 aliphatic rings. The molecule has 0 fully saturated rings. The van der Waals surface area contributed by atoms with E-state index in [1.807, 2.05) is 120 Å². The summed E-state index contributed by atoms with van der Waals surface area (Å²) in [5, 5.41) is 3.08. The lowest BCUT2D eigenvalue weighted by Gasteiger charge is -2.14. The average molecular weight is 804 g/mol. The Morgan fingerprint density at radius 1 is 0.656 bits per heavy atom. The fourth-order valence-electron chi connectivity index (χ4n) is 6.44. The molecular formula is C56H61N5. The first-order chi connectivity index (χ1) is 29.6. The second-order valence-corrected chi connectivity index (χ2v) is 13.9. The topological polar surface area (TPSA) is 103 Å². The molecule has 6 aromatic rings. The highest BCUT2D eigenvalue weighted by molar-refractivity contribution is 5.85. The van der Waals surface area contributed by atoms with E-state index < -0.39 is 0 Å². The van der Waals surface area contributed by atoms with Crippen LogP contribution in [0.4, 0.5) is 11.4 Å². The minimum atomic E-state index is 0.644. The van der Waals surface area contributed by atoms with Gasteiger partial charge in [0, 0.05) is 40.9 Å². The molecule has 0 aliphatic carbocycles. The van der Waals surface area contributed by atoms with Gasteiger partial charge in [-0.1, -0.05) is 143 Å². The van der Waals surface area contributed by atoms with Crippen LogP contribution in [-0.2, 0) is 0 Å². The largest absolute Gasteiger partial charge is 0.399 e. The molecule has 1 aromatic heterocycles. The van der Waals surface area contributed by atoms with E-state index in [1.54, 1.807) is 0 Å². The second-order valence-electron chi connectivity index (χ2n) is 13.9. The standard InChI is InChI=1S/C49H45N5.C5H10.C2H6/c1-5-35(22-33(3)53-4)38-19-13-20-39(24-38)41-26-44(30-47(52)28-41)49-32-42(36-16-8-7-9-17-36)31-48(54-49)43-25-40(27-46(51)29-43)37-18-12-15-34(23-37)14-10-11-21-45(50)6-2;1-3-5-4-2;1-2/h5-32,53H,1,3,50-52H2,2,4H3;3,5H,4H2,1-2H3;1-2H3/b14-10+,21-11-,35-22+,45-6+;5-3-;. The van der Waals surface area contributed by atoms with Gasteiger partial charge in [0.2, 0.25) is 0 Å². The molecule has 0 radical (unpaired) electrons. The number of nitrogens with one attached hydrogen (secondary N) is 1. The van der Waals surface area contributed by atoms with Crippen LogP contribution in [0.5, 0.6) is 0 Å². The molecule has 0 spiro atoms. The predicted octanol–water partition coefficient (Wildman–Crippen LogP) is 14.3. The number of aromatic nitrogens is 1. The number of anilines is 2. The Balaban J connectivity index is 0.00000109. The van der Waals surface area contributed by atoms with Crippen molar-refractivity contribution in [2.75, 3.05) is 18.5 Å². The minimum absolute atomic E-state index is 0.644. The van der Waals surface area contributed by atoms with Gasteiger partial charge in [0.25, 0.3) is 0 Å². The molecule has 310 valence electrons.